The van der Waals surface area contributed by atoms with Gasteiger partial charge in [-0.3, -0.25) is 0 Å². The van der Waals surface area contributed by atoms with Crippen molar-refractivity contribution in [3.63, 3.8) is 0 Å². The highest BCUT2D eigenvalue weighted by molar-refractivity contribution is 7.88. The van der Waals surface area contributed by atoms with Crippen molar-refractivity contribution in [3.05, 3.63) is 47.5 Å². The van der Waals surface area contributed by atoms with Crippen molar-refractivity contribution in [2.75, 3.05) is 38.1 Å². The van der Waals surface area contributed by atoms with Gasteiger partial charge in [-0.1, -0.05) is 18.2 Å². The molecule has 2 aromatic rings. The molecule has 6 nitrogen and oxygen atoms in total. The first kappa shape index (κ1) is 21.0. The average molecular weight is 442 g/mol. The molecule has 0 unspecified atom stereocenters. The average Bonchev–Trinajstić information content (AvgIpc) is 2.86. The van der Waals surface area contributed by atoms with E-state index in [1.807, 2.05) is 18.2 Å². The number of hydrogen-bond donors (Lipinski definition) is 0. The lowest BCUT2D eigenvalue weighted by Gasteiger charge is -2.35. The van der Waals surface area contributed by atoms with Gasteiger partial charge in [-0.15, -0.1) is 0 Å². The van der Waals surface area contributed by atoms with Gasteiger partial charge in [0.15, 0.2) is 0 Å². The molecular weight excluding hydrogens is 421 g/mol. The van der Waals surface area contributed by atoms with Gasteiger partial charge in [0.05, 0.1) is 13.2 Å². The maximum Gasteiger partial charge on any atom is 0.534 e. The van der Waals surface area contributed by atoms with E-state index in [0.29, 0.717) is 12.2 Å². The maximum absolute atomic E-state index is 12.8. The molecule has 0 aromatic heterocycles. The maximum atomic E-state index is 12.8. The van der Waals surface area contributed by atoms with Crippen LogP contribution in [0.25, 0.3) is 11.1 Å². The number of nitrogens with zero attached hydrogens (tertiary/aromatic N) is 2. The Morgan fingerprint density at radius 1 is 1.00 bits per heavy atom. The molecule has 0 radical (unpaired) electrons. The number of ether oxygens (including phenoxy) is 1. The standard InChI is InChI=1S/C20H21F3N2O4S/c1-24-7-9-25(10-8-24)18-4-2-3-15-13-28-12-14-5-6-16(11-17(14)19(15)18)29-30(26,27)20(21,22)23/h2-6,11H,7-10,12-13H2,1H3. The predicted octanol–water partition coefficient (Wildman–Crippen LogP) is 3.36. The Morgan fingerprint density at radius 3 is 2.40 bits per heavy atom. The van der Waals surface area contributed by atoms with Crippen LogP contribution in [0, 0.1) is 0 Å². The van der Waals surface area contributed by atoms with E-state index in [1.54, 1.807) is 6.07 Å². The second-order valence-corrected chi connectivity index (χ2v) is 8.93. The third-order valence-corrected chi connectivity index (χ3v) is 6.31. The first-order chi connectivity index (χ1) is 14.2. The number of likely N-dealkylation sites (N-methyl/N-ethyl adjacent to an activating group) is 1. The summed E-state index contributed by atoms with van der Waals surface area (Å²) in [6.07, 6.45) is 0. The van der Waals surface area contributed by atoms with E-state index in [1.165, 1.54) is 12.1 Å². The van der Waals surface area contributed by atoms with Crippen molar-refractivity contribution >= 4 is 15.8 Å². The Bertz CT molecular complexity index is 1050. The van der Waals surface area contributed by atoms with Crippen molar-refractivity contribution in [1.29, 1.82) is 0 Å². The van der Waals surface area contributed by atoms with E-state index in [2.05, 4.69) is 21.0 Å². The minimum absolute atomic E-state index is 0.262. The molecule has 4 rings (SSSR count). The zero-order chi connectivity index (χ0) is 21.5. The van der Waals surface area contributed by atoms with Gasteiger partial charge in [0.25, 0.3) is 0 Å². The summed E-state index contributed by atoms with van der Waals surface area (Å²) >= 11 is 0. The van der Waals surface area contributed by atoms with Crippen molar-refractivity contribution in [3.8, 4) is 16.9 Å². The van der Waals surface area contributed by atoms with Gasteiger partial charge in [0.2, 0.25) is 0 Å². The van der Waals surface area contributed by atoms with E-state index in [9.17, 15) is 21.6 Å². The monoisotopic (exact) mass is 442 g/mol. The Kier molecular flexibility index (Phi) is 5.41. The van der Waals surface area contributed by atoms with Crippen LogP contribution >= 0.6 is 0 Å². The molecule has 10 heteroatoms. The summed E-state index contributed by atoms with van der Waals surface area (Å²) in [5.74, 6) is -0.382. The first-order valence-corrected chi connectivity index (χ1v) is 10.8. The first-order valence-electron chi connectivity index (χ1n) is 9.43. The number of rotatable bonds is 3. The molecule has 0 amide bonds. The summed E-state index contributed by atoms with van der Waals surface area (Å²) in [4.78, 5) is 4.46. The van der Waals surface area contributed by atoms with E-state index in [4.69, 9.17) is 4.74 Å². The lowest BCUT2D eigenvalue weighted by Crippen LogP contribution is -2.44. The normalized spacial score (nSPS) is 17.8. The fraction of sp³-hybridized carbons (Fsp3) is 0.400. The van der Waals surface area contributed by atoms with Gasteiger partial charge >= 0.3 is 15.6 Å². The minimum Gasteiger partial charge on any atom is -0.376 e. The molecule has 0 spiro atoms. The highest BCUT2D eigenvalue weighted by atomic mass is 32.2. The topological polar surface area (TPSA) is 59.1 Å². The molecule has 30 heavy (non-hydrogen) atoms. The van der Waals surface area contributed by atoms with Crippen molar-refractivity contribution in [2.24, 2.45) is 0 Å². The number of benzene rings is 2. The van der Waals surface area contributed by atoms with Crippen LogP contribution in [-0.4, -0.2) is 52.1 Å². The van der Waals surface area contributed by atoms with E-state index in [0.717, 1.165) is 48.6 Å². The van der Waals surface area contributed by atoms with Crippen molar-refractivity contribution in [2.45, 2.75) is 18.7 Å². The molecule has 1 saturated heterocycles. The van der Waals surface area contributed by atoms with Crippen LogP contribution in [-0.2, 0) is 28.1 Å². The van der Waals surface area contributed by atoms with Gasteiger partial charge in [-0.05, 0) is 41.9 Å². The molecule has 2 aliphatic heterocycles. The van der Waals surface area contributed by atoms with E-state index < -0.39 is 15.6 Å². The molecule has 2 aromatic carbocycles. The summed E-state index contributed by atoms with van der Waals surface area (Å²) in [7, 11) is -3.70. The largest absolute Gasteiger partial charge is 0.534 e. The van der Waals surface area contributed by atoms with Gasteiger partial charge in [0.1, 0.15) is 5.75 Å². The second-order valence-electron chi connectivity index (χ2n) is 7.40. The van der Waals surface area contributed by atoms with Gasteiger partial charge in [0, 0.05) is 37.4 Å². The molecular formula is C20H21F3N2O4S. The Balaban J connectivity index is 1.79. The van der Waals surface area contributed by atoms with Crippen LogP contribution in [0.2, 0.25) is 0 Å². The second kappa shape index (κ2) is 7.75. The molecule has 0 atom stereocenters. The fourth-order valence-corrected chi connectivity index (χ4v) is 4.19. The molecule has 0 saturated carbocycles. The zero-order valence-corrected chi connectivity index (χ0v) is 17.1. The van der Waals surface area contributed by atoms with Crippen LogP contribution in [0.3, 0.4) is 0 Å². The molecule has 2 heterocycles. The van der Waals surface area contributed by atoms with Crippen LogP contribution in [0.1, 0.15) is 11.1 Å². The number of piperazine rings is 1. The zero-order valence-electron chi connectivity index (χ0n) is 16.3. The smallest absolute Gasteiger partial charge is 0.376 e. The minimum atomic E-state index is -5.75. The molecule has 0 N–H and O–H groups in total. The Hall–Kier alpha value is -2.30. The van der Waals surface area contributed by atoms with Gasteiger partial charge < -0.3 is 18.7 Å². The molecule has 0 aliphatic carbocycles. The Labute approximate surface area is 172 Å². The van der Waals surface area contributed by atoms with Crippen LogP contribution < -0.4 is 9.08 Å². The summed E-state index contributed by atoms with van der Waals surface area (Å²) in [5, 5.41) is 0. The number of anilines is 1. The highest BCUT2D eigenvalue weighted by Crippen LogP contribution is 2.41. The number of alkyl halides is 3. The van der Waals surface area contributed by atoms with Crippen LogP contribution in [0.15, 0.2) is 36.4 Å². The fourth-order valence-electron chi connectivity index (χ4n) is 3.74. The van der Waals surface area contributed by atoms with E-state index >= 15 is 0 Å². The summed E-state index contributed by atoms with van der Waals surface area (Å²) in [6, 6.07) is 9.92. The third kappa shape index (κ3) is 3.99. The molecule has 0 bridgehead atoms. The highest BCUT2D eigenvalue weighted by Gasteiger charge is 2.48. The number of halogens is 3. The summed E-state index contributed by atoms with van der Waals surface area (Å²) in [6.45, 7) is 4.00. The number of hydrogen-bond acceptors (Lipinski definition) is 6. The molecule has 162 valence electrons. The Morgan fingerprint density at radius 2 is 1.70 bits per heavy atom. The van der Waals surface area contributed by atoms with E-state index in [-0.39, 0.29) is 12.4 Å². The number of fused-ring (bicyclic) bond motifs is 3. The summed E-state index contributed by atoms with van der Waals surface area (Å²) < 4.78 is 71.3. The van der Waals surface area contributed by atoms with Gasteiger partial charge in [-0.25, -0.2) is 0 Å². The lowest BCUT2D eigenvalue weighted by molar-refractivity contribution is -0.0500. The van der Waals surface area contributed by atoms with Gasteiger partial charge in [-0.2, -0.15) is 21.6 Å². The summed E-state index contributed by atoms with van der Waals surface area (Å²) in [5.41, 5.74) is -1.45. The molecule has 2 aliphatic rings. The van der Waals surface area contributed by atoms with Crippen molar-refractivity contribution < 1.29 is 30.5 Å². The predicted molar refractivity (Wildman–Crippen MR) is 106 cm³/mol. The van der Waals surface area contributed by atoms with Crippen LogP contribution in [0.4, 0.5) is 18.9 Å². The molecule has 1 fully saturated rings. The van der Waals surface area contributed by atoms with Crippen LogP contribution in [0.5, 0.6) is 5.75 Å². The lowest BCUT2D eigenvalue weighted by atomic mass is 9.94. The quantitative estimate of drug-likeness (QED) is 0.537. The van der Waals surface area contributed by atoms with Crippen molar-refractivity contribution in [1.82, 2.24) is 4.90 Å². The third-order valence-electron chi connectivity index (χ3n) is 5.33. The SMILES string of the molecule is CN1CCN(c2cccc3c2-c2cc(OS(=O)(=O)C(F)(F)F)ccc2COC3)CC1.